The van der Waals surface area contributed by atoms with Crippen LogP contribution < -0.4 is 4.74 Å². The van der Waals surface area contributed by atoms with Crippen molar-refractivity contribution >= 4 is 21.7 Å². The molecule has 1 heterocycles. The van der Waals surface area contributed by atoms with E-state index < -0.39 is 21.3 Å². The molecule has 1 aliphatic rings. The number of amides is 1. The van der Waals surface area contributed by atoms with Crippen LogP contribution in [0.1, 0.15) is 32.6 Å². The van der Waals surface area contributed by atoms with Crippen molar-refractivity contribution in [1.82, 2.24) is 4.90 Å². The number of rotatable bonds is 7. The fourth-order valence-corrected chi connectivity index (χ4v) is 3.55. The van der Waals surface area contributed by atoms with E-state index >= 15 is 0 Å². The van der Waals surface area contributed by atoms with Crippen molar-refractivity contribution in [3.8, 4) is 5.75 Å². The average molecular weight is 369 g/mol. The highest BCUT2D eigenvalue weighted by molar-refractivity contribution is 7.90. The number of sulfone groups is 1. The van der Waals surface area contributed by atoms with E-state index in [9.17, 15) is 23.1 Å². The Hall–Kier alpha value is -2.09. The third kappa shape index (κ3) is 4.50. The molecule has 1 aromatic rings. The standard InChI is InChI=1S/C17H23NO6S/c1-17(16(20)21)10-4-11-18(17)15(19)5-3-12-24-13-6-8-14(9-7-13)25(2,22)23/h6-9H,3-5,10-12H2,1-2H3,(H,20,21). The van der Waals surface area contributed by atoms with Crippen molar-refractivity contribution in [3.05, 3.63) is 24.3 Å². The van der Waals surface area contributed by atoms with Gasteiger partial charge < -0.3 is 14.7 Å². The number of ether oxygens (including phenoxy) is 1. The summed E-state index contributed by atoms with van der Waals surface area (Å²) >= 11 is 0. The highest BCUT2D eigenvalue weighted by Gasteiger charge is 2.45. The molecule has 1 aliphatic heterocycles. The van der Waals surface area contributed by atoms with Crippen LogP contribution >= 0.6 is 0 Å². The van der Waals surface area contributed by atoms with Crippen molar-refractivity contribution in [2.75, 3.05) is 19.4 Å². The van der Waals surface area contributed by atoms with Crippen LogP contribution in [0.3, 0.4) is 0 Å². The molecule has 1 N–H and O–H groups in total. The normalized spacial score (nSPS) is 20.5. The lowest BCUT2D eigenvalue weighted by Crippen LogP contribution is -2.50. The van der Waals surface area contributed by atoms with Crippen molar-refractivity contribution in [3.63, 3.8) is 0 Å². The first-order valence-corrected chi connectivity index (χ1v) is 10.0. The largest absolute Gasteiger partial charge is 0.494 e. The first-order valence-electron chi connectivity index (χ1n) is 8.11. The van der Waals surface area contributed by atoms with E-state index in [1.165, 1.54) is 17.0 Å². The number of carboxylic acids is 1. The molecule has 0 radical (unpaired) electrons. The molecule has 1 amide bonds. The smallest absolute Gasteiger partial charge is 0.329 e. The number of likely N-dealkylation sites (tertiary alicyclic amines) is 1. The van der Waals surface area contributed by atoms with Crippen LogP contribution in [0, 0.1) is 0 Å². The number of hydrogen-bond acceptors (Lipinski definition) is 5. The molecule has 1 unspecified atom stereocenters. The summed E-state index contributed by atoms with van der Waals surface area (Å²) in [5.74, 6) is -0.629. The summed E-state index contributed by atoms with van der Waals surface area (Å²) in [4.78, 5) is 25.3. The van der Waals surface area contributed by atoms with Crippen LogP contribution in [-0.4, -0.2) is 55.2 Å². The molecule has 2 rings (SSSR count). The summed E-state index contributed by atoms with van der Waals surface area (Å²) in [5.41, 5.74) is -1.11. The number of carbonyl (C=O) groups is 2. The van der Waals surface area contributed by atoms with Gasteiger partial charge in [0, 0.05) is 19.2 Å². The van der Waals surface area contributed by atoms with Gasteiger partial charge in [-0.2, -0.15) is 0 Å². The lowest BCUT2D eigenvalue weighted by Gasteiger charge is -2.31. The molecule has 8 heteroatoms. The molecule has 0 spiro atoms. The zero-order valence-electron chi connectivity index (χ0n) is 14.4. The van der Waals surface area contributed by atoms with Gasteiger partial charge in [0.05, 0.1) is 11.5 Å². The summed E-state index contributed by atoms with van der Waals surface area (Å²) < 4.78 is 28.3. The number of benzene rings is 1. The summed E-state index contributed by atoms with van der Waals surface area (Å²) in [5, 5.41) is 9.33. The van der Waals surface area contributed by atoms with Gasteiger partial charge in [-0.1, -0.05) is 0 Å². The maximum Gasteiger partial charge on any atom is 0.329 e. The van der Waals surface area contributed by atoms with Gasteiger partial charge in [0.1, 0.15) is 11.3 Å². The summed E-state index contributed by atoms with van der Waals surface area (Å²) in [6.07, 6.45) is 2.97. The fourth-order valence-electron chi connectivity index (χ4n) is 2.92. The first-order chi connectivity index (χ1) is 11.6. The van der Waals surface area contributed by atoms with E-state index in [-0.39, 0.29) is 17.2 Å². The first kappa shape index (κ1) is 19.2. The van der Waals surface area contributed by atoms with E-state index in [0.717, 1.165) is 6.26 Å². The summed E-state index contributed by atoms with van der Waals surface area (Å²) in [7, 11) is -3.24. The van der Waals surface area contributed by atoms with E-state index in [4.69, 9.17) is 4.74 Å². The molecular formula is C17H23NO6S. The zero-order valence-corrected chi connectivity index (χ0v) is 15.2. The number of nitrogens with zero attached hydrogens (tertiary/aromatic N) is 1. The van der Waals surface area contributed by atoms with Gasteiger partial charge in [0.25, 0.3) is 0 Å². The fraction of sp³-hybridized carbons (Fsp3) is 0.529. The number of carbonyl (C=O) groups excluding carboxylic acids is 1. The minimum Gasteiger partial charge on any atom is -0.494 e. The number of aliphatic carboxylic acids is 1. The Bertz CT molecular complexity index is 743. The van der Waals surface area contributed by atoms with Gasteiger partial charge in [-0.3, -0.25) is 4.79 Å². The van der Waals surface area contributed by atoms with Crippen LogP contribution in [0.25, 0.3) is 0 Å². The molecular weight excluding hydrogens is 346 g/mol. The average Bonchev–Trinajstić information content (AvgIpc) is 2.94. The second-order valence-electron chi connectivity index (χ2n) is 6.42. The SMILES string of the molecule is CC1(C(=O)O)CCCN1C(=O)CCCOc1ccc(S(C)(=O)=O)cc1. The predicted molar refractivity (Wildman–Crippen MR) is 91.3 cm³/mol. The van der Waals surface area contributed by atoms with Gasteiger partial charge in [-0.15, -0.1) is 0 Å². The van der Waals surface area contributed by atoms with Crippen molar-refractivity contribution < 1.29 is 27.9 Å². The van der Waals surface area contributed by atoms with Gasteiger partial charge in [-0.05, 0) is 50.5 Å². The highest BCUT2D eigenvalue weighted by Crippen LogP contribution is 2.30. The molecule has 0 aromatic heterocycles. The Balaban J connectivity index is 1.81. The zero-order chi connectivity index (χ0) is 18.7. The van der Waals surface area contributed by atoms with Crippen molar-refractivity contribution in [2.45, 2.75) is 43.0 Å². The number of hydrogen-bond donors (Lipinski definition) is 1. The molecule has 7 nitrogen and oxygen atoms in total. The van der Waals surface area contributed by atoms with Crippen LogP contribution in [-0.2, 0) is 19.4 Å². The Morgan fingerprint density at radius 1 is 1.28 bits per heavy atom. The maximum absolute atomic E-state index is 12.3. The molecule has 1 aromatic carbocycles. The van der Waals surface area contributed by atoms with Crippen LogP contribution in [0.2, 0.25) is 0 Å². The van der Waals surface area contributed by atoms with Crippen LogP contribution in [0.15, 0.2) is 29.2 Å². The lowest BCUT2D eigenvalue weighted by atomic mass is 9.99. The molecule has 0 saturated carbocycles. The van der Waals surface area contributed by atoms with Crippen molar-refractivity contribution in [1.29, 1.82) is 0 Å². The van der Waals surface area contributed by atoms with Crippen LogP contribution in [0.5, 0.6) is 5.75 Å². The highest BCUT2D eigenvalue weighted by atomic mass is 32.2. The quantitative estimate of drug-likeness (QED) is 0.735. The molecule has 0 aliphatic carbocycles. The van der Waals surface area contributed by atoms with E-state index in [1.807, 2.05) is 0 Å². The number of carboxylic acid groups (broad SMARTS) is 1. The van der Waals surface area contributed by atoms with Gasteiger partial charge in [-0.25, -0.2) is 13.2 Å². The maximum atomic E-state index is 12.3. The van der Waals surface area contributed by atoms with Crippen LogP contribution in [0.4, 0.5) is 0 Å². The third-order valence-corrected chi connectivity index (χ3v) is 5.59. The monoisotopic (exact) mass is 369 g/mol. The Morgan fingerprint density at radius 3 is 2.48 bits per heavy atom. The minimum absolute atomic E-state index is 0.182. The summed E-state index contributed by atoms with van der Waals surface area (Å²) in [6, 6.07) is 6.08. The predicted octanol–water partition coefficient (Wildman–Crippen LogP) is 1.71. The molecule has 138 valence electrons. The van der Waals surface area contributed by atoms with Gasteiger partial charge in [0.15, 0.2) is 9.84 Å². The lowest BCUT2D eigenvalue weighted by molar-refractivity contribution is -0.155. The molecule has 1 saturated heterocycles. The van der Waals surface area contributed by atoms with E-state index in [2.05, 4.69) is 0 Å². The van der Waals surface area contributed by atoms with E-state index in [0.29, 0.717) is 38.2 Å². The van der Waals surface area contributed by atoms with E-state index in [1.54, 1.807) is 19.1 Å². The minimum atomic E-state index is -3.24. The summed E-state index contributed by atoms with van der Waals surface area (Å²) in [6.45, 7) is 2.34. The second-order valence-corrected chi connectivity index (χ2v) is 8.44. The third-order valence-electron chi connectivity index (χ3n) is 4.46. The Kier molecular flexibility index (Phi) is 5.72. The molecule has 25 heavy (non-hydrogen) atoms. The topological polar surface area (TPSA) is 101 Å². The second kappa shape index (κ2) is 7.43. The Morgan fingerprint density at radius 2 is 1.92 bits per heavy atom. The molecule has 1 fully saturated rings. The van der Waals surface area contributed by atoms with Gasteiger partial charge in [0.2, 0.25) is 5.91 Å². The molecule has 0 bridgehead atoms. The van der Waals surface area contributed by atoms with Gasteiger partial charge >= 0.3 is 5.97 Å². The van der Waals surface area contributed by atoms with Crippen molar-refractivity contribution in [2.24, 2.45) is 0 Å². The molecule has 1 atom stereocenters. The Labute approximate surface area is 147 Å².